The number of hydrogen-bond donors (Lipinski definition) is 3. The minimum Gasteiger partial charge on any atom is -0.384 e. The zero-order valence-corrected chi connectivity index (χ0v) is 38.2. The smallest absolute Gasteiger partial charge is 0.278 e. The van der Waals surface area contributed by atoms with Crippen LogP contribution in [0.2, 0.25) is 0 Å². The van der Waals surface area contributed by atoms with E-state index in [9.17, 15) is 24.3 Å². The van der Waals surface area contributed by atoms with Gasteiger partial charge in [-0.05, 0) is 106 Å². The second-order valence-corrected chi connectivity index (χ2v) is 19.4. The van der Waals surface area contributed by atoms with Gasteiger partial charge in [-0.25, -0.2) is 23.7 Å². The highest BCUT2D eigenvalue weighted by Crippen LogP contribution is 2.39. The third-order valence-electron chi connectivity index (χ3n) is 15.3. The molecule has 2 atom stereocenters. The monoisotopic (exact) mass is 912 g/mol. The molecule has 4 fully saturated rings. The summed E-state index contributed by atoms with van der Waals surface area (Å²) in [5.41, 5.74) is 4.46. The van der Waals surface area contributed by atoms with Crippen molar-refractivity contribution in [1.82, 2.24) is 44.3 Å². The van der Waals surface area contributed by atoms with Crippen LogP contribution in [0.25, 0.3) is 16.9 Å². The molecular weight excluding hydrogens is 856 g/mol. The Labute approximate surface area is 387 Å². The Morgan fingerprint density at radius 2 is 1.61 bits per heavy atom. The van der Waals surface area contributed by atoms with Crippen LogP contribution in [0.15, 0.2) is 59.5 Å². The summed E-state index contributed by atoms with van der Waals surface area (Å²) in [6.45, 7) is 13.4. The molecule has 1 aliphatic carbocycles. The van der Waals surface area contributed by atoms with Gasteiger partial charge in [0.25, 0.3) is 11.5 Å². The maximum absolute atomic E-state index is 15.4. The Kier molecular flexibility index (Phi) is 10.9. The van der Waals surface area contributed by atoms with Crippen LogP contribution in [0.1, 0.15) is 92.5 Å². The Morgan fingerprint density at radius 3 is 2.33 bits per heavy atom. The van der Waals surface area contributed by atoms with Gasteiger partial charge in [-0.2, -0.15) is 4.98 Å². The number of amides is 3. The van der Waals surface area contributed by atoms with Crippen LogP contribution in [0.5, 0.6) is 0 Å². The van der Waals surface area contributed by atoms with Crippen LogP contribution in [-0.4, -0.2) is 132 Å². The van der Waals surface area contributed by atoms with E-state index in [1.54, 1.807) is 21.6 Å². The average Bonchev–Trinajstić information content (AvgIpc) is 3.93. The first-order valence-electron chi connectivity index (χ1n) is 23.9. The van der Waals surface area contributed by atoms with Gasteiger partial charge in [0.2, 0.25) is 17.8 Å². The molecule has 4 saturated heterocycles. The van der Waals surface area contributed by atoms with Crippen molar-refractivity contribution in [3.63, 3.8) is 0 Å². The third-order valence-corrected chi connectivity index (χ3v) is 15.3. The fraction of sp³-hybridized carbons (Fsp3) is 0.490. The van der Waals surface area contributed by atoms with Crippen molar-refractivity contribution in [2.75, 3.05) is 67.5 Å². The number of likely N-dealkylation sites (tertiary alicyclic amines) is 1. The number of piperidine rings is 2. The van der Waals surface area contributed by atoms with Crippen LogP contribution in [0, 0.1) is 5.82 Å². The molecule has 5 aliphatic heterocycles. The highest BCUT2D eigenvalue weighted by Gasteiger charge is 2.42. The van der Waals surface area contributed by atoms with Crippen molar-refractivity contribution in [3.05, 3.63) is 93.3 Å². The topological polar surface area (TPSA) is 177 Å². The largest absolute Gasteiger partial charge is 0.384 e. The molecule has 0 bridgehead atoms. The lowest BCUT2D eigenvalue weighted by Crippen LogP contribution is -2.62. The molecular formula is C49H57FN12O5. The van der Waals surface area contributed by atoms with E-state index in [-0.39, 0.29) is 42.8 Å². The van der Waals surface area contributed by atoms with Crippen molar-refractivity contribution in [3.8, 4) is 5.82 Å². The molecule has 0 radical (unpaired) electrons. The van der Waals surface area contributed by atoms with Crippen LogP contribution < -0.4 is 26.0 Å². The number of aromatic nitrogens is 5. The standard InChI is InChI=1S/C49H57FN12O5/c1-4-49(67)16-13-30-5-11-41(53-43(30)49)62-44-37(47(66)61(62)29(2)3)25-51-48(55-44)52-32-6-8-33(9-7-32)57-19-21-58(22-20-57)34-14-17-56(18-15-34)35-27-59(28-35)40-23-31-26-60(46(65)36(31)24-38(40)50)39-10-12-42(63)54-45(39)64/h5-9,11,23-25,29,34-35,39,67H,4,10,12-22,26-28H2,1-3H3,(H,51,52,55)(H,54,63,64)/t39?,49-/m1/s1. The lowest BCUT2D eigenvalue weighted by molar-refractivity contribution is -0.136. The maximum atomic E-state index is 15.4. The van der Waals surface area contributed by atoms with Gasteiger partial charge >= 0.3 is 0 Å². The number of anilines is 4. The molecule has 5 aromatic rings. The van der Waals surface area contributed by atoms with E-state index in [1.807, 2.05) is 49.9 Å². The summed E-state index contributed by atoms with van der Waals surface area (Å²) >= 11 is 0. The molecule has 3 amide bonds. The number of aliphatic hydroxyl groups is 1. The SMILES string of the molecule is CC[C@@]1(O)CCc2ccc(-n3c4nc(Nc5ccc(N6CCN(C7CCN(C8CN(c9cc%10c(cc9F)C(=O)N(C9CCC(=O)NC9=O)C%10)C8)CC7)CC6)cc5)ncc4c(=O)n3C(C)C)nc21. The van der Waals surface area contributed by atoms with Crippen LogP contribution >= 0.6 is 0 Å². The van der Waals surface area contributed by atoms with Crippen molar-refractivity contribution in [2.45, 2.75) is 102 Å². The lowest BCUT2D eigenvalue weighted by atomic mass is 9.97. The first-order valence-corrected chi connectivity index (χ1v) is 23.9. The molecule has 0 saturated carbocycles. The summed E-state index contributed by atoms with van der Waals surface area (Å²) in [5, 5.41) is 17.4. The number of pyridine rings is 1. The second kappa shape index (κ2) is 16.8. The van der Waals surface area contributed by atoms with Crippen molar-refractivity contribution < 1.29 is 23.9 Å². The highest BCUT2D eigenvalue weighted by atomic mass is 19.1. The quantitative estimate of drug-likeness (QED) is 0.170. The van der Waals surface area contributed by atoms with Gasteiger partial charge in [-0.3, -0.25) is 34.3 Å². The molecule has 8 heterocycles. The zero-order valence-electron chi connectivity index (χ0n) is 38.2. The zero-order chi connectivity index (χ0) is 46.3. The molecule has 1 unspecified atom stereocenters. The Balaban J connectivity index is 0.673. The second-order valence-electron chi connectivity index (χ2n) is 19.4. The van der Waals surface area contributed by atoms with Gasteiger partial charge in [0, 0.05) is 107 Å². The first-order chi connectivity index (χ1) is 32.3. The molecule has 3 aromatic heterocycles. The molecule has 350 valence electrons. The fourth-order valence-corrected chi connectivity index (χ4v) is 11.3. The minimum atomic E-state index is -0.989. The molecule has 2 aromatic carbocycles. The van der Waals surface area contributed by atoms with Crippen molar-refractivity contribution in [2.24, 2.45) is 0 Å². The van der Waals surface area contributed by atoms with Crippen molar-refractivity contribution >= 4 is 51.8 Å². The van der Waals surface area contributed by atoms with Gasteiger partial charge in [0.1, 0.15) is 22.8 Å². The van der Waals surface area contributed by atoms with E-state index in [2.05, 4.69) is 42.5 Å². The van der Waals surface area contributed by atoms with Gasteiger partial charge in [0.05, 0.1) is 11.4 Å². The third kappa shape index (κ3) is 7.62. The summed E-state index contributed by atoms with van der Waals surface area (Å²) in [4.78, 5) is 76.4. The summed E-state index contributed by atoms with van der Waals surface area (Å²) in [7, 11) is 0. The number of nitrogens with zero attached hydrogens (tertiary/aromatic N) is 10. The van der Waals surface area contributed by atoms with Gasteiger partial charge in [0.15, 0.2) is 11.5 Å². The Hall–Kier alpha value is -6.24. The molecule has 67 heavy (non-hydrogen) atoms. The van der Waals surface area contributed by atoms with E-state index < -0.39 is 23.4 Å². The first kappa shape index (κ1) is 43.3. The number of hydrogen-bond acceptors (Lipinski definition) is 13. The predicted molar refractivity (Wildman–Crippen MR) is 250 cm³/mol. The molecule has 3 N–H and O–H groups in total. The molecule has 11 rings (SSSR count). The summed E-state index contributed by atoms with van der Waals surface area (Å²) in [6.07, 6.45) is 6.18. The molecule has 0 spiro atoms. The number of piperazine rings is 1. The number of carbonyl (C=O) groups excluding carboxylic acids is 3. The lowest BCUT2D eigenvalue weighted by Gasteiger charge is -2.50. The molecule has 17 nitrogen and oxygen atoms in total. The maximum Gasteiger partial charge on any atom is 0.278 e. The summed E-state index contributed by atoms with van der Waals surface area (Å²) in [6, 6.07) is 15.3. The Bertz CT molecular complexity index is 2840. The fourth-order valence-electron chi connectivity index (χ4n) is 11.3. The highest BCUT2D eigenvalue weighted by molar-refractivity contribution is 6.05. The van der Waals surface area contributed by atoms with Gasteiger partial charge in [-0.15, -0.1) is 0 Å². The number of rotatable bonds is 10. The number of benzene rings is 2. The normalized spacial score (nSPS) is 23.0. The number of halogens is 1. The van der Waals surface area contributed by atoms with E-state index in [4.69, 9.17) is 9.97 Å². The number of imide groups is 1. The summed E-state index contributed by atoms with van der Waals surface area (Å²) in [5.74, 6) is -0.694. The number of fused-ring (bicyclic) bond motifs is 3. The van der Waals surface area contributed by atoms with E-state index in [0.29, 0.717) is 64.7 Å². The number of aryl methyl sites for hydroxylation is 1. The van der Waals surface area contributed by atoms with Crippen LogP contribution in [0.3, 0.4) is 0 Å². The van der Waals surface area contributed by atoms with E-state index in [0.717, 1.165) is 94.1 Å². The predicted octanol–water partition coefficient (Wildman–Crippen LogP) is 4.22. The minimum absolute atomic E-state index is 0.176. The molecule has 6 aliphatic rings. The van der Waals surface area contributed by atoms with Crippen molar-refractivity contribution in [1.29, 1.82) is 0 Å². The van der Waals surface area contributed by atoms with Crippen LogP contribution in [0.4, 0.5) is 27.4 Å². The number of nitrogens with one attached hydrogen (secondary N) is 2. The van der Waals surface area contributed by atoms with Gasteiger partial charge in [-0.1, -0.05) is 13.0 Å². The Morgan fingerprint density at radius 1 is 0.866 bits per heavy atom. The van der Waals surface area contributed by atoms with Gasteiger partial charge < -0.3 is 25.1 Å². The number of carbonyl (C=O) groups is 3. The van der Waals surface area contributed by atoms with E-state index in [1.165, 1.54) is 11.0 Å². The van der Waals surface area contributed by atoms with Crippen LogP contribution in [-0.2, 0) is 28.2 Å². The van der Waals surface area contributed by atoms with E-state index >= 15 is 4.39 Å². The average molecular weight is 913 g/mol. The summed E-state index contributed by atoms with van der Waals surface area (Å²) < 4.78 is 18.8. The molecule has 18 heteroatoms.